The molecule has 0 aliphatic rings. The normalized spacial score (nSPS) is 10.8. The van der Waals surface area contributed by atoms with Gasteiger partial charge in [-0.1, -0.05) is 60.7 Å². The van der Waals surface area contributed by atoms with Crippen LogP contribution in [0.3, 0.4) is 0 Å². The van der Waals surface area contributed by atoms with Crippen molar-refractivity contribution in [2.24, 2.45) is 0 Å². The molecule has 29 heavy (non-hydrogen) atoms. The fourth-order valence-electron chi connectivity index (χ4n) is 3.25. The minimum absolute atomic E-state index is 0.0199. The summed E-state index contributed by atoms with van der Waals surface area (Å²) in [7, 11) is 0. The zero-order valence-electron chi connectivity index (χ0n) is 16.8. The summed E-state index contributed by atoms with van der Waals surface area (Å²) >= 11 is 0. The van der Waals surface area contributed by atoms with E-state index in [1.807, 2.05) is 74.5 Å². The van der Waals surface area contributed by atoms with Crippen LogP contribution < -0.4 is 10.6 Å². The van der Waals surface area contributed by atoms with E-state index in [0.717, 1.165) is 11.1 Å². The summed E-state index contributed by atoms with van der Waals surface area (Å²) < 4.78 is 0. The fourth-order valence-corrected chi connectivity index (χ4v) is 3.25. The third-order valence-corrected chi connectivity index (χ3v) is 4.64. The molecule has 3 aromatic carbocycles. The van der Waals surface area contributed by atoms with E-state index < -0.39 is 0 Å². The SMILES string of the molecule is CC(C)NC(=O)c1ccc(NC(=O)CC(c2ccccc2)c2ccccc2)cc1. The second-order valence-electron chi connectivity index (χ2n) is 7.33. The highest BCUT2D eigenvalue weighted by Crippen LogP contribution is 2.28. The molecule has 0 aromatic heterocycles. The third kappa shape index (κ3) is 5.79. The number of carbonyl (C=O) groups is 2. The monoisotopic (exact) mass is 386 g/mol. The molecule has 0 aliphatic carbocycles. The number of hydrogen-bond donors (Lipinski definition) is 2. The fraction of sp³-hybridized carbons (Fsp3) is 0.200. The van der Waals surface area contributed by atoms with Crippen LogP contribution in [0.15, 0.2) is 84.9 Å². The molecule has 0 aliphatic heterocycles. The van der Waals surface area contributed by atoms with Crippen molar-refractivity contribution in [3.05, 3.63) is 102 Å². The minimum Gasteiger partial charge on any atom is -0.350 e. The topological polar surface area (TPSA) is 58.2 Å². The zero-order chi connectivity index (χ0) is 20.6. The van der Waals surface area contributed by atoms with Crippen molar-refractivity contribution < 1.29 is 9.59 Å². The summed E-state index contributed by atoms with van der Waals surface area (Å²) in [6.07, 6.45) is 0.337. The second-order valence-corrected chi connectivity index (χ2v) is 7.33. The average Bonchev–Trinajstić information content (AvgIpc) is 2.73. The summed E-state index contributed by atoms with van der Waals surface area (Å²) in [6.45, 7) is 3.84. The lowest BCUT2D eigenvalue weighted by molar-refractivity contribution is -0.116. The van der Waals surface area contributed by atoms with Crippen LogP contribution in [0, 0.1) is 0 Å². The third-order valence-electron chi connectivity index (χ3n) is 4.64. The lowest BCUT2D eigenvalue weighted by Crippen LogP contribution is -2.30. The molecule has 0 atom stereocenters. The molecular formula is C25H26N2O2. The Morgan fingerprint density at radius 1 is 0.759 bits per heavy atom. The van der Waals surface area contributed by atoms with Crippen LogP contribution in [0.5, 0.6) is 0 Å². The van der Waals surface area contributed by atoms with Crippen molar-refractivity contribution in [1.82, 2.24) is 5.32 Å². The van der Waals surface area contributed by atoms with Crippen LogP contribution in [0.2, 0.25) is 0 Å². The van der Waals surface area contributed by atoms with Gasteiger partial charge in [-0.05, 0) is 49.2 Å². The first-order chi connectivity index (χ1) is 14.0. The Morgan fingerprint density at radius 2 is 1.28 bits per heavy atom. The number of amides is 2. The largest absolute Gasteiger partial charge is 0.350 e. The highest BCUT2D eigenvalue weighted by molar-refractivity contribution is 5.96. The van der Waals surface area contributed by atoms with Crippen LogP contribution in [0.1, 0.15) is 47.7 Å². The van der Waals surface area contributed by atoms with E-state index in [2.05, 4.69) is 10.6 Å². The van der Waals surface area contributed by atoms with Gasteiger partial charge in [0.25, 0.3) is 5.91 Å². The van der Waals surface area contributed by atoms with Crippen LogP contribution in [0.25, 0.3) is 0 Å². The van der Waals surface area contributed by atoms with Crippen molar-refractivity contribution in [2.45, 2.75) is 32.2 Å². The minimum atomic E-state index is -0.119. The summed E-state index contributed by atoms with van der Waals surface area (Å²) in [5, 5.41) is 5.80. The first-order valence-electron chi connectivity index (χ1n) is 9.83. The Hall–Kier alpha value is -3.40. The molecule has 2 N–H and O–H groups in total. The predicted octanol–water partition coefficient (Wildman–Crippen LogP) is 4.99. The molecule has 0 saturated carbocycles. The number of hydrogen-bond acceptors (Lipinski definition) is 2. The molecule has 0 unspecified atom stereocenters. The summed E-state index contributed by atoms with van der Waals surface area (Å²) in [6, 6.07) is 27.1. The van der Waals surface area contributed by atoms with Gasteiger partial charge < -0.3 is 10.6 Å². The predicted molar refractivity (Wildman–Crippen MR) is 117 cm³/mol. The Kier molecular flexibility index (Phi) is 6.80. The van der Waals surface area contributed by atoms with E-state index in [9.17, 15) is 9.59 Å². The van der Waals surface area contributed by atoms with E-state index in [4.69, 9.17) is 0 Å². The lowest BCUT2D eigenvalue weighted by Gasteiger charge is -2.18. The molecule has 148 valence electrons. The second kappa shape index (κ2) is 9.69. The zero-order valence-corrected chi connectivity index (χ0v) is 16.8. The first kappa shape index (κ1) is 20.3. The number of nitrogens with one attached hydrogen (secondary N) is 2. The number of benzene rings is 3. The molecular weight excluding hydrogens is 360 g/mol. The standard InChI is InChI=1S/C25H26N2O2/c1-18(2)26-25(29)21-13-15-22(16-14-21)27-24(28)17-23(19-9-5-3-6-10-19)20-11-7-4-8-12-20/h3-16,18,23H,17H2,1-2H3,(H,26,29)(H,27,28). The van der Waals surface area contributed by atoms with Gasteiger partial charge in [-0.25, -0.2) is 0 Å². The smallest absolute Gasteiger partial charge is 0.251 e. The Morgan fingerprint density at radius 3 is 1.76 bits per heavy atom. The van der Waals surface area contributed by atoms with Gasteiger partial charge in [0.1, 0.15) is 0 Å². The molecule has 2 amide bonds. The molecule has 4 nitrogen and oxygen atoms in total. The summed E-state index contributed by atoms with van der Waals surface area (Å²) in [4.78, 5) is 24.8. The van der Waals surface area contributed by atoms with Crippen molar-refractivity contribution in [3.63, 3.8) is 0 Å². The molecule has 0 saturated heterocycles. The maximum Gasteiger partial charge on any atom is 0.251 e. The van der Waals surface area contributed by atoms with Crippen molar-refractivity contribution in [1.29, 1.82) is 0 Å². The highest BCUT2D eigenvalue weighted by atomic mass is 16.2. The Balaban J connectivity index is 1.70. The molecule has 0 heterocycles. The van der Waals surface area contributed by atoms with Gasteiger partial charge in [0.15, 0.2) is 0 Å². The van der Waals surface area contributed by atoms with Crippen molar-refractivity contribution in [3.8, 4) is 0 Å². The molecule has 0 radical (unpaired) electrons. The van der Waals surface area contributed by atoms with Crippen LogP contribution in [-0.2, 0) is 4.79 Å². The molecule has 0 fully saturated rings. The van der Waals surface area contributed by atoms with Gasteiger partial charge in [0, 0.05) is 29.6 Å². The van der Waals surface area contributed by atoms with E-state index >= 15 is 0 Å². The molecule has 0 bridgehead atoms. The highest BCUT2D eigenvalue weighted by Gasteiger charge is 2.18. The lowest BCUT2D eigenvalue weighted by atomic mass is 9.88. The van der Waals surface area contributed by atoms with Gasteiger partial charge in [-0.2, -0.15) is 0 Å². The van der Waals surface area contributed by atoms with Crippen molar-refractivity contribution >= 4 is 17.5 Å². The molecule has 3 aromatic rings. The summed E-state index contributed by atoms with van der Waals surface area (Å²) in [5.41, 5.74) is 3.46. The Bertz CT molecular complexity index is 896. The van der Waals surface area contributed by atoms with Gasteiger partial charge in [-0.15, -0.1) is 0 Å². The number of carbonyl (C=O) groups excluding carboxylic acids is 2. The maximum absolute atomic E-state index is 12.7. The number of anilines is 1. The Labute approximate surface area is 172 Å². The quantitative estimate of drug-likeness (QED) is 0.601. The van der Waals surface area contributed by atoms with E-state index in [0.29, 0.717) is 17.7 Å². The molecule has 0 spiro atoms. The average molecular weight is 386 g/mol. The van der Waals surface area contributed by atoms with E-state index in [1.165, 1.54) is 0 Å². The van der Waals surface area contributed by atoms with Crippen LogP contribution >= 0.6 is 0 Å². The first-order valence-corrected chi connectivity index (χ1v) is 9.83. The van der Waals surface area contributed by atoms with Crippen LogP contribution in [0.4, 0.5) is 5.69 Å². The van der Waals surface area contributed by atoms with Gasteiger partial charge in [-0.3, -0.25) is 9.59 Å². The maximum atomic E-state index is 12.7. The summed E-state index contributed by atoms with van der Waals surface area (Å²) in [5.74, 6) is -0.207. The van der Waals surface area contributed by atoms with Gasteiger partial charge in [0.2, 0.25) is 5.91 Å². The molecule has 3 rings (SSSR count). The van der Waals surface area contributed by atoms with E-state index in [-0.39, 0.29) is 23.8 Å². The number of rotatable bonds is 7. The van der Waals surface area contributed by atoms with Gasteiger partial charge in [0.05, 0.1) is 0 Å². The van der Waals surface area contributed by atoms with Crippen LogP contribution in [-0.4, -0.2) is 17.9 Å². The molecule has 4 heteroatoms. The van der Waals surface area contributed by atoms with Gasteiger partial charge >= 0.3 is 0 Å². The van der Waals surface area contributed by atoms with E-state index in [1.54, 1.807) is 24.3 Å². The van der Waals surface area contributed by atoms with Crippen molar-refractivity contribution in [2.75, 3.05) is 5.32 Å².